The van der Waals surface area contributed by atoms with Crippen molar-refractivity contribution < 1.29 is 0 Å². The molecule has 0 amide bonds. The van der Waals surface area contributed by atoms with Crippen molar-refractivity contribution in [1.29, 1.82) is 0 Å². The van der Waals surface area contributed by atoms with Gasteiger partial charge in [0.15, 0.2) is 24.2 Å². The van der Waals surface area contributed by atoms with E-state index in [-0.39, 0.29) is 0 Å². The summed E-state index contributed by atoms with van der Waals surface area (Å²) >= 11 is 0. The van der Waals surface area contributed by atoms with Gasteiger partial charge in [-0.1, -0.05) is 397 Å². The molecule has 90 heavy (non-hydrogen) atoms. The first-order valence-corrected chi connectivity index (χ1v) is 57.9. The number of hydrogen-bond acceptors (Lipinski definition) is 0. The standard InChI is InChI=1S/C81H84Si9/c1-82(2)64-16-18-65(19-17-64)83(3,4)71-30-44-78(45-31-71)89(14)56-53-62-58-61-52-55-88(13,76-40-28-70(82)29-41-76)77-42-32-72(33-43-77)84(5,6)66-20-22-67(23-21-66)85(7,8)74-36-48-80(49-37-74)90(15,57-54-63(59-61)60-62)81-50-38-75(39-51-81)87(11,12)69-26-24-68(25-27-69)86(9,10)73-34-46-79(89)47-35-73/h16-51,58-60H,1-15H3. The summed E-state index contributed by atoms with van der Waals surface area (Å²) in [6.45, 7) is 37.7. The highest BCUT2D eigenvalue weighted by atomic mass is 28.3. The normalized spacial score (nSPS) is 21.5. The minimum absolute atomic E-state index is 0.953. The van der Waals surface area contributed by atoms with Gasteiger partial charge in [-0.2, -0.15) is 0 Å². The maximum atomic E-state index is 4.16. The molecule has 444 valence electrons. The van der Waals surface area contributed by atoms with Crippen molar-refractivity contribution in [2.24, 2.45) is 0 Å². The molecule has 10 aromatic rings. The Labute approximate surface area is 547 Å². The van der Waals surface area contributed by atoms with E-state index in [1.165, 1.54) is 93.4 Å². The highest BCUT2D eigenvalue weighted by Crippen LogP contribution is 2.19. The lowest BCUT2D eigenvalue weighted by Crippen LogP contribution is -2.59. The topological polar surface area (TPSA) is 0 Å². The molecule has 9 heteroatoms. The number of hydrogen-bond donors (Lipinski definition) is 0. The quantitative estimate of drug-likeness (QED) is 0.115. The zero-order valence-corrected chi connectivity index (χ0v) is 64.5. The third-order valence-corrected chi connectivity index (χ3v) is 54.5. The van der Waals surface area contributed by atoms with Gasteiger partial charge in [-0.05, 0) is 49.3 Å². The predicted molar refractivity (Wildman–Crippen MR) is 418 cm³/mol. The van der Waals surface area contributed by atoms with E-state index in [0.717, 1.165) is 16.7 Å². The zero-order valence-electron chi connectivity index (χ0n) is 55.5. The Hall–Kier alpha value is -7.17. The first kappa shape index (κ1) is 61.7. The summed E-state index contributed by atoms with van der Waals surface area (Å²) in [5, 5.41) is 25.3. The SMILES string of the molecule is C[Si]1(C)c2ccc(cc2)[Si](C)(C)c2ccc(cc2)[Si]2(C)C#Cc3cc4cc(c3)C#C[Si](C)(c3ccc(cc3)[Si](C)(C)c3ccc(cc3)[Si](C)(C)c3ccc(cc3)[Si](C)(C#C4)c3ccc1cc3)c1ccc(cc1)[Si](C)(C)c1ccc(cc1)[Si](C)(C)c1ccc2cc1. The molecule has 0 saturated heterocycles. The largest absolute Gasteiger partial charge is 0.196 e. The molecule has 0 spiro atoms. The molecule has 15 heterocycles. The van der Waals surface area contributed by atoms with E-state index in [1.54, 1.807) is 0 Å². The first-order chi connectivity index (χ1) is 42.6. The van der Waals surface area contributed by atoms with Crippen LogP contribution in [-0.4, -0.2) is 72.7 Å². The lowest BCUT2D eigenvalue weighted by atomic mass is 10.1. The molecule has 0 atom stereocenters. The van der Waals surface area contributed by atoms with Crippen LogP contribution in [0.3, 0.4) is 0 Å². The van der Waals surface area contributed by atoms with Gasteiger partial charge < -0.3 is 0 Å². The van der Waals surface area contributed by atoms with Crippen LogP contribution >= 0.6 is 0 Å². The lowest BCUT2D eigenvalue weighted by Gasteiger charge is -2.29. The van der Waals surface area contributed by atoms with Gasteiger partial charge in [-0.3, -0.25) is 0 Å². The van der Waals surface area contributed by atoms with Gasteiger partial charge >= 0.3 is 0 Å². The molecule has 0 unspecified atom stereocenters. The third kappa shape index (κ3) is 10.6. The molecule has 0 nitrogen and oxygen atoms in total. The molecular weight excluding hydrogens is 1230 g/mol. The fraction of sp³-hybridized carbons (Fsp3) is 0.185. The molecule has 15 aliphatic heterocycles. The number of rotatable bonds is 0. The van der Waals surface area contributed by atoms with Crippen LogP contribution in [0.1, 0.15) is 16.7 Å². The summed E-state index contributed by atoms with van der Waals surface area (Å²) in [7, 11) is -21.0. The van der Waals surface area contributed by atoms with E-state index in [4.69, 9.17) is 0 Å². The van der Waals surface area contributed by atoms with Crippen LogP contribution in [0.25, 0.3) is 0 Å². The number of fused-ring (bicyclic) bond motifs is 3. The summed E-state index contributed by atoms with van der Waals surface area (Å²) in [4.78, 5) is 0. The minimum Gasteiger partial charge on any atom is -0.115 e. The van der Waals surface area contributed by atoms with Gasteiger partial charge in [0.2, 0.25) is 0 Å². The van der Waals surface area contributed by atoms with Crippen LogP contribution in [-0.2, 0) is 0 Å². The molecule has 0 aliphatic carbocycles. The second-order valence-electron chi connectivity index (χ2n) is 29.9. The first-order valence-electron chi connectivity index (χ1n) is 32.4. The Morgan fingerprint density at radius 2 is 0.256 bits per heavy atom. The van der Waals surface area contributed by atoms with Crippen molar-refractivity contribution in [3.05, 3.63) is 253 Å². The van der Waals surface area contributed by atoms with Crippen LogP contribution < -0.4 is 93.4 Å². The number of benzene rings is 10. The van der Waals surface area contributed by atoms with Crippen molar-refractivity contribution in [3.8, 4) is 34.4 Å². The molecule has 0 radical (unpaired) electrons. The second-order valence-corrected chi connectivity index (χ2v) is 67.3. The molecule has 0 N–H and O–H groups in total. The average molecular weight is 1310 g/mol. The molecule has 0 aromatic heterocycles. The zero-order chi connectivity index (χ0) is 63.4. The lowest BCUT2D eigenvalue weighted by molar-refractivity contribution is 1.56. The van der Waals surface area contributed by atoms with E-state index in [0.29, 0.717) is 0 Å². The molecule has 10 aromatic carbocycles. The van der Waals surface area contributed by atoms with Crippen molar-refractivity contribution in [1.82, 2.24) is 0 Å². The van der Waals surface area contributed by atoms with E-state index in [1.807, 2.05) is 0 Å². The maximum Gasteiger partial charge on any atom is 0.196 e. The Balaban J connectivity index is 1.10. The fourth-order valence-electron chi connectivity index (χ4n) is 14.6. The van der Waals surface area contributed by atoms with E-state index in [9.17, 15) is 0 Å². The van der Waals surface area contributed by atoms with Crippen molar-refractivity contribution in [3.63, 3.8) is 0 Å². The molecule has 0 saturated carbocycles. The summed E-state index contributed by atoms with van der Waals surface area (Å²) < 4.78 is 0. The van der Waals surface area contributed by atoms with Gasteiger partial charge in [-0.15, -0.1) is 16.6 Å². The highest BCUT2D eigenvalue weighted by Gasteiger charge is 2.39. The van der Waals surface area contributed by atoms with E-state index < -0.39 is 72.7 Å². The summed E-state index contributed by atoms with van der Waals surface area (Å²) in [5.41, 5.74) is 15.3. The maximum absolute atomic E-state index is 4.16. The second kappa shape index (κ2) is 22.3. The molecule has 25 rings (SSSR count). The molecule has 15 aliphatic rings. The van der Waals surface area contributed by atoms with E-state index >= 15 is 0 Å². The predicted octanol–water partition coefficient (Wildman–Crippen LogP) is 6.91. The van der Waals surface area contributed by atoms with Gasteiger partial charge in [0.25, 0.3) is 0 Å². The van der Waals surface area contributed by atoms with Crippen LogP contribution in [0.2, 0.25) is 98.2 Å². The summed E-state index contributed by atoms with van der Waals surface area (Å²) in [6, 6.07) is 95.0. The molecule has 24 bridgehead atoms. The van der Waals surface area contributed by atoms with Gasteiger partial charge in [0.1, 0.15) is 48.4 Å². The monoisotopic (exact) mass is 1310 g/mol. The molecular formula is C81H84Si9. The Kier molecular flexibility index (Phi) is 15.3. The highest BCUT2D eigenvalue weighted by molar-refractivity contribution is 7.10. The summed E-state index contributed by atoms with van der Waals surface area (Å²) in [6.07, 6.45) is 0. The van der Waals surface area contributed by atoms with Crippen molar-refractivity contribution >= 4 is 166 Å². The van der Waals surface area contributed by atoms with Crippen LogP contribution in [0, 0.1) is 34.4 Å². The average Bonchev–Trinajstić information content (AvgIpc) is 1.19. The van der Waals surface area contributed by atoms with Gasteiger partial charge in [0, 0.05) is 16.7 Å². The van der Waals surface area contributed by atoms with Gasteiger partial charge in [0.05, 0.1) is 0 Å². The van der Waals surface area contributed by atoms with E-state index in [2.05, 4.69) is 369 Å². The van der Waals surface area contributed by atoms with Crippen LogP contribution in [0.4, 0.5) is 0 Å². The van der Waals surface area contributed by atoms with Crippen LogP contribution in [0.5, 0.6) is 0 Å². The van der Waals surface area contributed by atoms with Crippen molar-refractivity contribution in [2.45, 2.75) is 98.2 Å². The third-order valence-electron chi connectivity index (χ3n) is 22.4. The van der Waals surface area contributed by atoms with Crippen molar-refractivity contribution in [2.75, 3.05) is 0 Å². The summed E-state index contributed by atoms with van der Waals surface area (Å²) in [5.74, 6) is 11.9. The fourth-order valence-corrected chi connectivity index (χ4v) is 36.6. The Bertz CT molecular complexity index is 3890. The Morgan fingerprint density at radius 3 is 0.367 bits per heavy atom. The minimum atomic E-state index is -2.78. The van der Waals surface area contributed by atoms with Crippen LogP contribution in [0.15, 0.2) is 237 Å². The smallest absolute Gasteiger partial charge is 0.115 e. The Morgan fingerprint density at radius 1 is 0.156 bits per heavy atom. The van der Waals surface area contributed by atoms with Gasteiger partial charge in [-0.25, -0.2) is 0 Å². The molecule has 0 fully saturated rings.